The minimum atomic E-state index is -0.487. The summed E-state index contributed by atoms with van der Waals surface area (Å²) in [5, 5.41) is 12.2. The maximum Gasteiger partial charge on any atom is 0.235 e. The molecule has 5 heteroatoms. The van der Waals surface area contributed by atoms with E-state index in [1.165, 1.54) is 6.08 Å². The highest BCUT2D eigenvalue weighted by Crippen LogP contribution is 2.32. The molecule has 0 aliphatic heterocycles. The van der Waals surface area contributed by atoms with Gasteiger partial charge in [0.1, 0.15) is 0 Å². The summed E-state index contributed by atoms with van der Waals surface area (Å²) in [7, 11) is 3.15. The summed E-state index contributed by atoms with van der Waals surface area (Å²) in [5.41, 5.74) is 0.761. The predicted octanol–water partition coefficient (Wildman–Crippen LogP) is 3.10. The molecular formula is C14H13NO4. The van der Waals surface area contributed by atoms with Crippen LogP contribution in [0.2, 0.25) is 0 Å². The molecule has 19 heavy (non-hydrogen) atoms. The molecule has 0 aliphatic carbocycles. The largest absolute Gasteiger partial charge is 0.493 e. The molecule has 0 amide bonds. The summed E-state index contributed by atoms with van der Waals surface area (Å²) in [5.74, 6) is 1.29. The van der Waals surface area contributed by atoms with Gasteiger partial charge in [-0.2, -0.15) is 0 Å². The zero-order chi connectivity index (χ0) is 13.8. The summed E-state index contributed by atoms with van der Waals surface area (Å²) < 4.78 is 10.5. The van der Waals surface area contributed by atoms with Crippen LogP contribution in [0.4, 0.5) is 0 Å². The van der Waals surface area contributed by atoms with Gasteiger partial charge < -0.3 is 9.47 Å². The fourth-order valence-corrected chi connectivity index (χ4v) is 1.84. The Bertz CT molecular complexity index is 649. The van der Waals surface area contributed by atoms with Crippen molar-refractivity contribution in [3.05, 3.63) is 52.2 Å². The van der Waals surface area contributed by atoms with Crippen LogP contribution in [0.3, 0.4) is 0 Å². The Morgan fingerprint density at radius 3 is 2.26 bits per heavy atom. The Morgan fingerprint density at radius 1 is 1.05 bits per heavy atom. The molecule has 98 valence electrons. The summed E-state index contributed by atoms with van der Waals surface area (Å²) in [4.78, 5) is 9.82. The Balaban J connectivity index is 2.50. The van der Waals surface area contributed by atoms with Gasteiger partial charge in [0.05, 0.1) is 19.1 Å². The van der Waals surface area contributed by atoms with Crippen LogP contribution in [0.25, 0.3) is 16.8 Å². The third-order valence-corrected chi connectivity index (χ3v) is 2.76. The van der Waals surface area contributed by atoms with E-state index < -0.39 is 4.92 Å². The molecule has 0 saturated carbocycles. The first-order chi connectivity index (χ1) is 9.13. The molecule has 0 heterocycles. The van der Waals surface area contributed by atoms with E-state index in [1.807, 2.05) is 30.3 Å². The molecule has 0 bridgehead atoms. The van der Waals surface area contributed by atoms with E-state index in [2.05, 4.69) is 0 Å². The van der Waals surface area contributed by atoms with Crippen LogP contribution in [0, 0.1) is 10.1 Å². The zero-order valence-corrected chi connectivity index (χ0v) is 10.6. The number of nitro groups is 1. The van der Waals surface area contributed by atoms with Crippen LogP contribution < -0.4 is 9.47 Å². The molecule has 0 spiro atoms. The second-order valence-electron chi connectivity index (χ2n) is 3.91. The van der Waals surface area contributed by atoms with Crippen molar-refractivity contribution < 1.29 is 14.4 Å². The maximum absolute atomic E-state index is 10.3. The summed E-state index contributed by atoms with van der Waals surface area (Å²) in [6.07, 6.45) is 2.37. The number of hydrogen-bond donors (Lipinski definition) is 0. The lowest BCUT2D eigenvalue weighted by atomic mass is 10.1. The van der Waals surface area contributed by atoms with Crippen molar-refractivity contribution in [1.29, 1.82) is 0 Å². The van der Waals surface area contributed by atoms with E-state index >= 15 is 0 Å². The quantitative estimate of drug-likeness (QED) is 0.625. The Hall–Kier alpha value is -2.56. The summed E-state index contributed by atoms with van der Waals surface area (Å²) >= 11 is 0. The van der Waals surface area contributed by atoms with E-state index in [4.69, 9.17) is 9.47 Å². The number of rotatable bonds is 4. The standard InChI is InChI=1S/C14H13NO4/c1-18-13-8-11-4-3-10(5-6-15(16)17)7-12(11)9-14(13)19-2/h3-9H,1-2H3. The molecule has 0 N–H and O–H groups in total. The SMILES string of the molecule is COc1cc2ccc(C=C[N+](=O)[O-])cc2cc1OC. The average molecular weight is 259 g/mol. The van der Waals surface area contributed by atoms with Crippen LogP contribution in [0.5, 0.6) is 11.5 Å². The number of methoxy groups -OCH3 is 2. The number of ether oxygens (including phenoxy) is 2. The molecule has 0 aliphatic rings. The van der Waals surface area contributed by atoms with Gasteiger partial charge in [-0.3, -0.25) is 10.1 Å². The number of benzene rings is 2. The Kier molecular flexibility index (Phi) is 3.66. The molecule has 2 rings (SSSR count). The number of nitrogens with zero attached hydrogens (tertiary/aromatic N) is 1. The minimum Gasteiger partial charge on any atom is -0.493 e. The first-order valence-electron chi connectivity index (χ1n) is 5.61. The van der Waals surface area contributed by atoms with Gasteiger partial charge >= 0.3 is 0 Å². The van der Waals surface area contributed by atoms with Crippen LogP contribution in [-0.4, -0.2) is 19.1 Å². The molecule has 0 fully saturated rings. The van der Waals surface area contributed by atoms with Crippen LogP contribution in [0.1, 0.15) is 5.56 Å². The third-order valence-electron chi connectivity index (χ3n) is 2.76. The monoisotopic (exact) mass is 259 g/mol. The van der Waals surface area contributed by atoms with Gasteiger partial charge in [-0.25, -0.2) is 0 Å². The predicted molar refractivity (Wildman–Crippen MR) is 73.1 cm³/mol. The molecule has 2 aromatic rings. The van der Waals surface area contributed by atoms with Gasteiger partial charge in [0.2, 0.25) is 6.20 Å². The normalized spacial score (nSPS) is 10.8. The highest BCUT2D eigenvalue weighted by Gasteiger charge is 2.06. The van der Waals surface area contributed by atoms with Gasteiger partial charge in [0, 0.05) is 6.08 Å². The molecule has 0 unspecified atom stereocenters. The highest BCUT2D eigenvalue weighted by molar-refractivity contribution is 5.88. The molecule has 2 aromatic carbocycles. The van der Waals surface area contributed by atoms with Crippen LogP contribution >= 0.6 is 0 Å². The maximum atomic E-state index is 10.3. The molecular weight excluding hydrogens is 246 g/mol. The van der Waals surface area contributed by atoms with Gasteiger partial charge in [-0.05, 0) is 34.5 Å². The van der Waals surface area contributed by atoms with E-state index in [-0.39, 0.29) is 0 Å². The third kappa shape index (κ3) is 2.82. The lowest BCUT2D eigenvalue weighted by molar-refractivity contribution is -0.400. The molecule has 5 nitrogen and oxygen atoms in total. The van der Waals surface area contributed by atoms with Crippen LogP contribution in [-0.2, 0) is 0 Å². The lowest BCUT2D eigenvalue weighted by Crippen LogP contribution is -1.90. The minimum absolute atomic E-state index is 0.487. The fourth-order valence-electron chi connectivity index (χ4n) is 1.84. The van der Waals surface area contributed by atoms with E-state index in [0.717, 1.165) is 22.5 Å². The van der Waals surface area contributed by atoms with Crippen molar-refractivity contribution in [3.8, 4) is 11.5 Å². The van der Waals surface area contributed by atoms with Crippen molar-refractivity contribution >= 4 is 16.8 Å². The van der Waals surface area contributed by atoms with Gasteiger partial charge in [-0.15, -0.1) is 0 Å². The van der Waals surface area contributed by atoms with Crippen LogP contribution in [0.15, 0.2) is 36.5 Å². The fraction of sp³-hybridized carbons (Fsp3) is 0.143. The Labute approximate surface area is 110 Å². The Morgan fingerprint density at radius 2 is 1.68 bits per heavy atom. The van der Waals surface area contributed by atoms with Crippen molar-refractivity contribution in [3.63, 3.8) is 0 Å². The number of fused-ring (bicyclic) bond motifs is 1. The lowest BCUT2D eigenvalue weighted by Gasteiger charge is -2.09. The first kappa shape index (κ1) is 12.9. The summed E-state index contributed by atoms with van der Waals surface area (Å²) in [6.45, 7) is 0. The van der Waals surface area contributed by atoms with Gasteiger partial charge in [0.25, 0.3) is 0 Å². The van der Waals surface area contributed by atoms with E-state index in [9.17, 15) is 10.1 Å². The van der Waals surface area contributed by atoms with Crippen molar-refractivity contribution in [2.24, 2.45) is 0 Å². The second kappa shape index (κ2) is 5.39. The second-order valence-corrected chi connectivity index (χ2v) is 3.91. The average Bonchev–Trinajstić information content (AvgIpc) is 2.43. The smallest absolute Gasteiger partial charge is 0.235 e. The molecule has 0 atom stereocenters. The molecule has 0 aromatic heterocycles. The number of hydrogen-bond acceptors (Lipinski definition) is 4. The van der Waals surface area contributed by atoms with Gasteiger partial charge in [-0.1, -0.05) is 12.1 Å². The van der Waals surface area contributed by atoms with E-state index in [0.29, 0.717) is 11.5 Å². The first-order valence-corrected chi connectivity index (χ1v) is 5.61. The highest BCUT2D eigenvalue weighted by atomic mass is 16.6. The zero-order valence-electron chi connectivity index (χ0n) is 10.6. The van der Waals surface area contributed by atoms with E-state index in [1.54, 1.807) is 14.2 Å². The van der Waals surface area contributed by atoms with Crippen molar-refractivity contribution in [2.75, 3.05) is 14.2 Å². The molecule has 0 radical (unpaired) electrons. The molecule has 0 saturated heterocycles. The van der Waals surface area contributed by atoms with Crippen molar-refractivity contribution in [1.82, 2.24) is 0 Å². The van der Waals surface area contributed by atoms with Crippen molar-refractivity contribution in [2.45, 2.75) is 0 Å². The topological polar surface area (TPSA) is 61.6 Å². The summed E-state index contributed by atoms with van der Waals surface area (Å²) in [6, 6.07) is 9.27. The van der Waals surface area contributed by atoms with Gasteiger partial charge in [0.15, 0.2) is 11.5 Å².